The molecule has 2 aliphatic heterocycles. The molecule has 1 atom stereocenters. The summed E-state index contributed by atoms with van der Waals surface area (Å²) in [4.78, 5) is 29.3. The average Bonchev–Trinajstić information content (AvgIpc) is 2.93. The fourth-order valence-electron chi connectivity index (χ4n) is 4.10. The number of nitrogens with zero attached hydrogens (tertiary/aromatic N) is 2. The second-order valence-corrected chi connectivity index (χ2v) is 9.14. The second kappa shape index (κ2) is 6.82. The molecule has 0 unspecified atom stereocenters. The van der Waals surface area contributed by atoms with Crippen LogP contribution >= 0.6 is 11.8 Å². The minimum absolute atomic E-state index is 0.117. The van der Waals surface area contributed by atoms with Gasteiger partial charge in [0.05, 0.1) is 10.6 Å². The number of benzene rings is 2. The van der Waals surface area contributed by atoms with E-state index in [1.807, 2.05) is 30.3 Å². The summed E-state index contributed by atoms with van der Waals surface area (Å²) in [6.45, 7) is 6.78. The molecule has 28 heavy (non-hydrogen) atoms. The van der Waals surface area contributed by atoms with Crippen LogP contribution in [0.15, 0.2) is 53.4 Å². The monoisotopic (exact) mass is 392 g/mol. The van der Waals surface area contributed by atoms with Crippen LogP contribution in [0, 0.1) is 0 Å². The van der Waals surface area contributed by atoms with Crippen molar-refractivity contribution in [2.24, 2.45) is 0 Å². The van der Waals surface area contributed by atoms with Gasteiger partial charge in [-0.3, -0.25) is 9.59 Å². The standard InChI is InChI=1S/C23H24N2O2S/c1-15-14-23(2,3)24(4)19-11-10-16(12-18(15)19)13-20-21(26)25(22(27)28-20)17-8-6-5-7-9-17/h5-13,15H,14H2,1-4H3/b20-13-/t15-/m1/s1. The SMILES string of the molecule is C[C@@H]1CC(C)(C)N(C)c2ccc(/C=C3\SC(=O)N(c4ccccc4)C3=O)cc21. The van der Waals surface area contributed by atoms with Crippen LogP contribution in [0.3, 0.4) is 0 Å². The van der Waals surface area contributed by atoms with Gasteiger partial charge in [0, 0.05) is 18.3 Å². The van der Waals surface area contributed by atoms with Crippen LogP contribution in [0.5, 0.6) is 0 Å². The highest BCUT2D eigenvalue weighted by atomic mass is 32.2. The molecule has 2 aromatic rings. The van der Waals surface area contributed by atoms with Crippen molar-refractivity contribution in [3.63, 3.8) is 0 Å². The molecule has 0 N–H and O–H groups in total. The van der Waals surface area contributed by atoms with E-state index in [1.54, 1.807) is 12.1 Å². The lowest BCUT2D eigenvalue weighted by atomic mass is 9.80. The summed E-state index contributed by atoms with van der Waals surface area (Å²) in [6.07, 6.45) is 2.91. The molecule has 2 aromatic carbocycles. The van der Waals surface area contributed by atoms with Gasteiger partial charge < -0.3 is 4.90 Å². The van der Waals surface area contributed by atoms with Gasteiger partial charge >= 0.3 is 0 Å². The van der Waals surface area contributed by atoms with E-state index in [0.717, 1.165) is 23.7 Å². The summed E-state index contributed by atoms with van der Waals surface area (Å²) < 4.78 is 0. The predicted molar refractivity (Wildman–Crippen MR) is 117 cm³/mol. The Morgan fingerprint density at radius 3 is 2.54 bits per heavy atom. The number of rotatable bonds is 2. The van der Waals surface area contributed by atoms with Crippen molar-refractivity contribution in [2.75, 3.05) is 16.8 Å². The lowest BCUT2D eigenvalue weighted by Gasteiger charge is -2.45. The number of carbonyl (C=O) groups excluding carboxylic acids is 2. The molecule has 2 heterocycles. The third-order valence-corrected chi connectivity index (χ3v) is 6.63. The largest absolute Gasteiger partial charge is 0.369 e. The maximum Gasteiger partial charge on any atom is 0.298 e. The zero-order chi connectivity index (χ0) is 20.1. The molecular weight excluding hydrogens is 368 g/mol. The van der Waals surface area contributed by atoms with E-state index >= 15 is 0 Å². The van der Waals surface area contributed by atoms with Crippen LogP contribution < -0.4 is 9.80 Å². The van der Waals surface area contributed by atoms with Gasteiger partial charge in [-0.25, -0.2) is 4.90 Å². The Labute approximate surface area is 170 Å². The molecule has 0 radical (unpaired) electrons. The Hall–Kier alpha value is -2.53. The number of fused-ring (bicyclic) bond motifs is 1. The first-order valence-electron chi connectivity index (χ1n) is 9.49. The van der Waals surface area contributed by atoms with Crippen LogP contribution in [0.2, 0.25) is 0 Å². The first-order valence-corrected chi connectivity index (χ1v) is 10.3. The van der Waals surface area contributed by atoms with Crippen molar-refractivity contribution < 1.29 is 9.59 Å². The summed E-state index contributed by atoms with van der Waals surface area (Å²) in [5, 5.41) is -0.254. The average molecular weight is 393 g/mol. The van der Waals surface area contributed by atoms with Crippen LogP contribution in [-0.4, -0.2) is 23.7 Å². The van der Waals surface area contributed by atoms with E-state index in [0.29, 0.717) is 16.5 Å². The summed E-state index contributed by atoms with van der Waals surface area (Å²) in [5.41, 5.74) is 4.21. The van der Waals surface area contributed by atoms with Crippen molar-refractivity contribution in [3.05, 3.63) is 64.6 Å². The van der Waals surface area contributed by atoms with Crippen LogP contribution in [0.25, 0.3) is 6.08 Å². The molecule has 4 rings (SSSR count). The van der Waals surface area contributed by atoms with Gasteiger partial charge in [-0.05, 0) is 79.4 Å². The van der Waals surface area contributed by atoms with E-state index in [9.17, 15) is 9.59 Å². The first kappa shape index (κ1) is 18.8. The molecule has 4 nitrogen and oxygen atoms in total. The molecule has 2 amide bonds. The van der Waals surface area contributed by atoms with Crippen molar-refractivity contribution in [2.45, 2.75) is 38.6 Å². The highest BCUT2D eigenvalue weighted by molar-refractivity contribution is 8.19. The number of hydrogen-bond donors (Lipinski definition) is 0. The Kier molecular flexibility index (Phi) is 4.58. The maximum atomic E-state index is 12.8. The van der Waals surface area contributed by atoms with Gasteiger partial charge in [0.1, 0.15) is 0 Å². The molecule has 0 aliphatic carbocycles. The lowest BCUT2D eigenvalue weighted by molar-refractivity contribution is -0.113. The predicted octanol–water partition coefficient (Wildman–Crippen LogP) is 5.65. The van der Waals surface area contributed by atoms with Gasteiger partial charge in [0.2, 0.25) is 0 Å². The summed E-state index contributed by atoms with van der Waals surface area (Å²) >= 11 is 0.998. The van der Waals surface area contributed by atoms with E-state index in [-0.39, 0.29) is 16.7 Å². The minimum atomic E-state index is -0.259. The van der Waals surface area contributed by atoms with E-state index in [2.05, 4.69) is 44.9 Å². The first-order chi connectivity index (χ1) is 13.3. The quantitative estimate of drug-likeness (QED) is 0.619. The Morgan fingerprint density at radius 2 is 1.82 bits per heavy atom. The molecule has 0 spiro atoms. The number of para-hydroxylation sites is 1. The number of carbonyl (C=O) groups is 2. The molecule has 0 bridgehead atoms. The zero-order valence-corrected chi connectivity index (χ0v) is 17.4. The van der Waals surface area contributed by atoms with Crippen LogP contribution in [0.4, 0.5) is 16.2 Å². The smallest absolute Gasteiger partial charge is 0.298 e. The summed E-state index contributed by atoms with van der Waals surface area (Å²) in [6, 6.07) is 15.4. The summed E-state index contributed by atoms with van der Waals surface area (Å²) in [5.74, 6) is 0.180. The maximum absolute atomic E-state index is 12.8. The van der Waals surface area contributed by atoms with Crippen molar-refractivity contribution in [1.29, 1.82) is 0 Å². The number of amides is 2. The van der Waals surface area contributed by atoms with Gasteiger partial charge in [0.15, 0.2) is 0 Å². The summed E-state index contributed by atoms with van der Waals surface area (Å²) in [7, 11) is 2.13. The Balaban J connectivity index is 1.67. The highest BCUT2D eigenvalue weighted by Gasteiger charge is 2.37. The molecule has 2 aliphatic rings. The van der Waals surface area contributed by atoms with Gasteiger partial charge in [-0.1, -0.05) is 31.2 Å². The number of hydrogen-bond acceptors (Lipinski definition) is 4. The molecule has 0 aromatic heterocycles. The van der Waals surface area contributed by atoms with Crippen LogP contribution in [-0.2, 0) is 4.79 Å². The van der Waals surface area contributed by atoms with E-state index in [1.165, 1.54) is 16.2 Å². The lowest BCUT2D eigenvalue weighted by Crippen LogP contribution is -2.45. The third kappa shape index (κ3) is 3.14. The zero-order valence-electron chi connectivity index (χ0n) is 16.6. The molecule has 1 fully saturated rings. The van der Waals surface area contributed by atoms with Crippen molar-refractivity contribution in [1.82, 2.24) is 0 Å². The molecule has 5 heteroatoms. The van der Waals surface area contributed by atoms with E-state index < -0.39 is 0 Å². The van der Waals surface area contributed by atoms with Crippen molar-refractivity contribution >= 4 is 40.4 Å². The second-order valence-electron chi connectivity index (χ2n) is 8.15. The molecule has 144 valence electrons. The number of anilines is 2. The van der Waals surface area contributed by atoms with Gasteiger partial charge in [0.25, 0.3) is 11.1 Å². The fraction of sp³-hybridized carbons (Fsp3) is 0.304. The van der Waals surface area contributed by atoms with Crippen molar-refractivity contribution in [3.8, 4) is 0 Å². The third-order valence-electron chi connectivity index (χ3n) is 5.76. The Bertz CT molecular complexity index is 981. The Morgan fingerprint density at radius 1 is 1.11 bits per heavy atom. The topological polar surface area (TPSA) is 40.6 Å². The normalized spacial score (nSPS) is 22.7. The number of thioether (sulfide) groups is 1. The van der Waals surface area contributed by atoms with Crippen LogP contribution in [0.1, 0.15) is 44.2 Å². The van der Waals surface area contributed by atoms with E-state index in [4.69, 9.17) is 0 Å². The van der Waals surface area contributed by atoms with Gasteiger partial charge in [-0.2, -0.15) is 0 Å². The fourth-order valence-corrected chi connectivity index (χ4v) is 4.95. The highest BCUT2D eigenvalue weighted by Crippen LogP contribution is 2.43. The minimum Gasteiger partial charge on any atom is -0.369 e. The molecule has 0 saturated carbocycles. The number of imide groups is 1. The molecule has 1 saturated heterocycles. The van der Waals surface area contributed by atoms with Gasteiger partial charge in [-0.15, -0.1) is 0 Å². The molecular formula is C23H24N2O2S.